The highest BCUT2D eigenvalue weighted by molar-refractivity contribution is 9.10. The first-order valence-corrected chi connectivity index (χ1v) is 6.25. The first-order chi connectivity index (χ1) is 8.69. The Morgan fingerprint density at radius 2 is 2.11 bits per heavy atom. The summed E-state index contributed by atoms with van der Waals surface area (Å²) in [5.74, 6) is 0.247. The van der Waals surface area contributed by atoms with Crippen molar-refractivity contribution < 1.29 is 9.13 Å². The van der Waals surface area contributed by atoms with Crippen molar-refractivity contribution in [3.8, 4) is 11.5 Å². The van der Waals surface area contributed by atoms with Gasteiger partial charge in [-0.3, -0.25) is 4.98 Å². The number of rotatable bonds is 4. The molecule has 0 bridgehead atoms. The topological polar surface area (TPSA) is 48.1 Å². The summed E-state index contributed by atoms with van der Waals surface area (Å²) in [7, 11) is 0. The molecule has 2 aromatic rings. The number of pyridine rings is 1. The summed E-state index contributed by atoms with van der Waals surface area (Å²) in [4.78, 5) is 4.04. The molecule has 1 aromatic heterocycles. The molecule has 0 atom stereocenters. The summed E-state index contributed by atoms with van der Waals surface area (Å²) in [6.45, 7) is 0.538. The minimum absolute atomic E-state index is 0.163. The molecule has 94 valence electrons. The van der Waals surface area contributed by atoms with Gasteiger partial charge in [0.2, 0.25) is 0 Å². The van der Waals surface area contributed by atoms with Crippen LogP contribution in [0.2, 0.25) is 0 Å². The van der Waals surface area contributed by atoms with Crippen LogP contribution in [0.3, 0.4) is 0 Å². The zero-order valence-electron chi connectivity index (χ0n) is 9.57. The van der Waals surface area contributed by atoms with E-state index >= 15 is 0 Å². The number of halogens is 2. The van der Waals surface area contributed by atoms with E-state index in [0.717, 1.165) is 10.0 Å². The third-order valence-electron chi connectivity index (χ3n) is 2.32. The van der Waals surface area contributed by atoms with Crippen LogP contribution in [0.1, 0.15) is 5.56 Å². The molecule has 0 spiro atoms. The third-order valence-corrected chi connectivity index (χ3v) is 2.82. The second-order valence-electron chi connectivity index (χ2n) is 3.74. The van der Waals surface area contributed by atoms with Gasteiger partial charge in [0.15, 0.2) is 11.6 Å². The van der Waals surface area contributed by atoms with Crippen molar-refractivity contribution in [3.63, 3.8) is 0 Å². The van der Waals surface area contributed by atoms with Crippen LogP contribution in [0, 0.1) is 5.82 Å². The number of hydrogen-bond donors (Lipinski definition) is 1. The average Bonchev–Trinajstić information content (AvgIpc) is 2.35. The van der Waals surface area contributed by atoms with E-state index in [4.69, 9.17) is 10.5 Å². The normalized spacial score (nSPS) is 10.4. The van der Waals surface area contributed by atoms with Gasteiger partial charge in [-0.05, 0) is 42.8 Å². The van der Waals surface area contributed by atoms with Crippen LogP contribution < -0.4 is 10.5 Å². The summed E-state index contributed by atoms with van der Waals surface area (Å²) in [6.07, 6.45) is 3.97. The van der Waals surface area contributed by atoms with Gasteiger partial charge >= 0.3 is 0 Å². The van der Waals surface area contributed by atoms with Crippen molar-refractivity contribution in [2.24, 2.45) is 5.73 Å². The Labute approximate surface area is 113 Å². The van der Waals surface area contributed by atoms with Gasteiger partial charge < -0.3 is 10.5 Å². The Balaban J connectivity index is 2.22. The maximum Gasteiger partial charge on any atom is 0.165 e. The fraction of sp³-hybridized carbons (Fsp3) is 0.154. The predicted octanol–water partition coefficient (Wildman–Crippen LogP) is 3.28. The van der Waals surface area contributed by atoms with E-state index in [9.17, 15) is 4.39 Å². The van der Waals surface area contributed by atoms with Crippen molar-refractivity contribution in [2.75, 3.05) is 6.54 Å². The number of aromatic nitrogens is 1. The Kier molecular flexibility index (Phi) is 4.28. The molecule has 3 nitrogen and oxygen atoms in total. The molecule has 1 heterocycles. The van der Waals surface area contributed by atoms with E-state index in [-0.39, 0.29) is 5.75 Å². The number of nitrogens with zero attached hydrogens (tertiary/aromatic N) is 1. The van der Waals surface area contributed by atoms with Gasteiger partial charge in [0, 0.05) is 10.7 Å². The highest BCUT2D eigenvalue weighted by Gasteiger charge is 2.06. The van der Waals surface area contributed by atoms with Gasteiger partial charge in [-0.15, -0.1) is 0 Å². The molecular weight excluding hydrogens is 299 g/mol. The molecular formula is C13H12BrFN2O. The molecule has 0 radical (unpaired) electrons. The van der Waals surface area contributed by atoms with Crippen molar-refractivity contribution in [2.45, 2.75) is 6.42 Å². The molecule has 1 aromatic carbocycles. The van der Waals surface area contributed by atoms with E-state index < -0.39 is 5.82 Å². The van der Waals surface area contributed by atoms with Gasteiger partial charge in [0.25, 0.3) is 0 Å². The molecule has 0 saturated heterocycles. The smallest absolute Gasteiger partial charge is 0.165 e. The summed E-state index contributed by atoms with van der Waals surface area (Å²) >= 11 is 3.27. The molecule has 0 saturated carbocycles. The quantitative estimate of drug-likeness (QED) is 0.942. The van der Waals surface area contributed by atoms with Crippen LogP contribution in [0.5, 0.6) is 11.5 Å². The van der Waals surface area contributed by atoms with Crippen molar-refractivity contribution in [1.82, 2.24) is 4.98 Å². The van der Waals surface area contributed by atoms with E-state index in [1.165, 1.54) is 6.07 Å². The van der Waals surface area contributed by atoms with Crippen LogP contribution in [0.15, 0.2) is 41.1 Å². The van der Waals surface area contributed by atoms with Crippen LogP contribution in [0.4, 0.5) is 4.39 Å². The summed E-state index contributed by atoms with van der Waals surface area (Å²) < 4.78 is 19.7. The van der Waals surface area contributed by atoms with Gasteiger partial charge in [-0.2, -0.15) is 0 Å². The highest BCUT2D eigenvalue weighted by Crippen LogP contribution is 2.27. The van der Waals surface area contributed by atoms with Crippen LogP contribution in [-0.2, 0) is 6.42 Å². The van der Waals surface area contributed by atoms with Gasteiger partial charge in [-0.1, -0.05) is 15.9 Å². The molecule has 2 N–H and O–H groups in total. The van der Waals surface area contributed by atoms with Crippen molar-refractivity contribution in [1.29, 1.82) is 0 Å². The minimum Gasteiger partial charge on any atom is -0.453 e. The zero-order chi connectivity index (χ0) is 13.0. The van der Waals surface area contributed by atoms with Crippen LogP contribution >= 0.6 is 15.9 Å². The average molecular weight is 311 g/mol. The van der Waals surface area contributed by atoms with E-state index in [2.05, 4.69) is 20.9 Å². The predicted molar refractivity (Wildman–Crippen MR) is 71.2 cm³/mol. The Hall–Kier alpha value is -1.46. The Bertz CT molecular complexity index is 548. The largest absolute Gasteiger partial charge is 0.453 e. The molecule has 0 aliphatic rings. The molecule has 0 unspecified atom stereocenters. The van der Waals surface area contributed by atoms with Crippen molar-refractivity contribution >= 4 is 15.9 Å². The summed E-state index contributed by atoms with van der Waals surface area (Å²) in [5.41, 5.74) is 6.44. The standard InChI is InChI=1S/C13H12BrFN2O/c14-10-1-2-12(15)13(6-10)18-11-5-9(3-4-16)7-17-8-11/h1-2,5-8H,3-4,16H2. The maximum absolute atomic E-state index is 13.5. The lowest BCUT2D eigenvalue weighted by atomic mass is 10.2. The second-order valence-corrected chi connectivity index (χ2v) is 4.66. The van der Waals surface area contributed by atoms with E-state index in [1.807, 2.05) is 0 Å². The van der Waals surface area contributed by atoms with E-state index in [1.54, 1.807) is 30.6 Å². The molecule has 0 fully saturated rings. The lowest BCUT2D eigenvalue weighted by Crippen LogP contribution is -2.03. The van der Waals surface area contributed by atoms with Crippen molar-refractivity contribution in [3.05, 3.63) is 52.5 Å². The lowest BCUT2D eigenvalue weighted by Gasteiger charge is -2.08. The fourth-order valence-electron chi connectivity index (χ4n) is 1.51. The Morgan fingerprint density at radius 3 is 2.89 bits per heavy atom. The third kappa shape index (κ3) is 3.27. The number of benzene rings is 1. The minimum atomic E-state index is -0.414. The highest BCUT2D eigenvalue weighted by atomic mass is 79.9. The molecule has 5 heteroatoms. The molecule has 0 aliphatic heterocycles. The monoisotopic (exact) mass is 310 g/mol. The zero-order valence-corrected chi connectivity index (χ0v) is 11.2. The molecule has 0 amide bonds. The maximum atomic E-state index is 13.5. The van der Waals surface area contributed by atoms with E-state index in [0.29, 0.717) is 18.7 Å². The summed E-state index contributed by atoms with van der Waals surface area (Å²) in [5, 5.41) is 0. The second kappa shape index (κ2) is 5.93. The lowest BCUT2D eigenvalue weighted by molar-refractivity contribution is 0.439. The summed E-state index contributed by atoms with van der Waals surface area (Å²) in [6, 6.07) is 6.34. The molecule has 18 heavy (non-hydrogen) atoms. The first kappa shape index (κ1) is 13.0. The van der Waals surface area contributed by atoms with Gasteiger partial charge in [0.05, 0.1) is 6.20 Å². The SMILES string of the molecule is NCCc1cncc(Oc2cc(Br)ccc2F)c1. The molecule has 2 rings (SSSR count). The van der Waals surface area contributed by atoms with Gasteiger partial charge in [0.1, 0.15) is 5.75 Å². The molecule has 0 aliphatic carbocycles. The van der Waals surface area contributed by atoms with Gasteiger partial charge in [-0.25, -0.2) is 4.39 Å². The van der Waals surface area contributed by atoms with Crippen LogP contribution in [-0.4, -0.2) is 11.5 Å². The number of hydrogen-bond acceptors (Lipinski definition) is 3. The Morgan fingerprint density at radius 1 is 1.28 bits per heavy atom. The van der Waals surface area contributed by atoms with Crippen LogP contribution in [0.25, 0.3) is 0 Å². The number of nitrogens with two attached hydrogens (primary N) is 1. The first-order valence-electron chi connectivity index (χ1n) is 5.46. The fourth-order valence-corrected chi connectivity index (χ4v) is 1.85. The number of ether oxygens (including phenoxy) is 1.